The maximum absolute atomic E-state index is 13.2. The van der Waals surface area contributed by atoms with Crippen LogP contribution in [0.4, 0.5) is 0 Å². The number of aromatic nitrogens is 2. The Balaban J connectivity index is 2.16. The lowest BCUT2D eigenvalue weighted by molar-refractivity contribution is -0.155. The predicted molar refractivity (Wildman–Crippen MR) is 111 cm³/mol. The van der Waals surface area contributed by atoms with Crippen LogP contribution < -0.4 is 5.32 Å². The molecular weight excluding hydrogens is 370 g/mol. The van der Waals surface area contributed by atoms with Crippen molar-refractivity contribution in [2.45, 2.75) is 65.5 Å². The summed E-state index contributed by atoms with van der Waals surface area (Å²) in [5.41, 5.74) is 0.725. The number of rotatable bonds is 10. The number of hydrogen-bond donors (Lipinski definition) is 3. The van der Waals surface area contributed by atoms with Gasteiger partial charge < -0.3 is 15.2 Å². The third-order valence-corrected chi connectivity index (χ3v) is 5.55. The Morgan fingerprint density at radius 3 is 2.59 bits per heavy atom. The van der Waals surface area contributed by atoms with Gasteiger partial charge in [0, 0.05) is 18.4 Å². The van der Waals surface area contributed by atoms with E-state index in [9.17, 15) is 14.8 Å². The van der Waals surface area contributed by atoms with Crippen LogP contribution in [0.1, 0.15) is 70.4 Å². The second-order valence-electron chi connectivity index (χ2n) is 9.65. The first-order valence-electron chi connectivity index (χ1n) is 10.5. The molecule has 0 saturated heterocycles. The van der Waals surface area contributed by atoms with E-state index in [2.05, 4.69) is 41.0 Å². The first-order chi connectivity index (χ1) is 13.6. The van der Waals surface area contributed by atoms with Crippen molar-refractivity contribution >= 4 is 12.3 Å². The van der Waals surface area contributed by atoms with Gasteiger partial charge in [0.25, 0.3) is 0 Å². The fourth-order valence-corrected chi connectivity index (χ4v) is 4.08. The van der Waals surface area contributed by atoms with E-state index in [-0.39, 0.29) is 23.9 Å². The van der Waals surface area contributed by atoms with Crippen LogP contribution in [0.3, 0.4) is 0 Å². The molecule has 1 aromatic heterocycles. The maximum atomic E-state index is 13.2. The molecule has 1 aromatic rings. The normalized spacial score (nSPS) is 17.3. The first kappa shape index (κ1) is 23.3. The average molecular weight is 408 g/mol. The Bertz CT molecular complexity index is 662. The zero-order valence-corrected chi connectivity index (χ0v) is 18.4. The van der Waals surface area contributed by atoms with Gasteiger partial charge in [0.15, 0.2) is 0 Å². The van der Waals surface area contributed by atoms with Crippen LogP contribution in [0.25, 0.3) is 0 Å². The molecule has 29 heavy (non-hydrogen) atoms. The summed E-state index contributed by atoms with van der Waals surface area (Å²) < 4.78 is 0. The molecule has 2 amide bonds. The standard InChI is InChI=1S/C21H37N5O3/c1-21(2,3)18(19-22-11-17(23-19)13-25(4)5)24-20(28)16(12-26(29)14-27)10-15-8-6-7-9-15/h11,14-16,18,29H,6-10,12-13H2,1-5H3,(H,22,23)(H,24,28)/t16-,18-/m1/s1. The van der Waals surface area contributed by atoms with E-state index in [4.69, 9.17) is 0 Å². The summed E-state index contributed by atoms with van der Waals surface area (Å²) >= 11 is 0. The molecule has 164 valence electrons. The first-order valence-corrected chi connectivity index (χ1v) is 10.5. The van der Waals surface area contributed by atoms with Crippen LogP contribution in [-0.2, 0) is 16.1 Å². The molecule has 0 bridgehead atoms. The van der Waals surface area contributed by atoms with Crippen molar-refractivity contribution in [2.75, 3.05) is 20.6 Å². The Kier molecular flexibility index (Phi) is 8.22. The largest absolute Gasteiger partial charge is 0.345 e. The summed E-state index contributed by atoms with van der Waals surface area (Å²) in [6.07, 6.45) is 7.41. The van der Waals surface area contributed by atoms with Crippen LogP contribution in [0.15, 0.2) is 6.20 Å². The molecule has 1 heterocycles. The summed E-state index contributed by atoms with van der Waals surface area (Å²) in [7, 11) is 3.98. The SMILES string of the molecule is CN(C)Cc1cnc([C@@H](NC(=O)[C@H](CC2CCCC2)CN(O)C=O)C(C)(C)C)[nH]1. The minimum absolute atomic E-state index is 0.00668. The average Bonchev–Trinajstić information content (AvgIpc) is 3.29. The number of H-pyrrole nitrogens is 1. The summed E-state index contributed by atoms with van der Waals surface area (Å²) in [6.45, 7) is 6.92. The molecule has 1 fully saturated rings. The van der Waals surface area contributed by atoms with Crippen LogP contribution in [0.2, 0.25) is 0 Å². The highest BCUT2D eigenvalue weighted by Gasteiger charge is 2.34. The van der Waals surface area contributed by atoms with Crippen molar-refractivity contribution in [3.63, 3.8) is 0 Å². The Morgan fingerprint density at radius 2 is 2.03 bits per heavy atom. The summed E-state index contributed by atoms with van der Waals surface area (Å²) in [5.74, 6) is 0.588. The van der Waals surface area contributed by atoms with Crippen LogP contribution in [0, 0.1) is 17.3 Å². The lowest BCUT2D eigenvalue weighted by Crippen LogP contribution is -2.43. The summed E-state index contributed by atoms with van der Waals surface area (Å²) in [5, 5.41) is 13.4. The zero-order valence-electron chi connectivity index (χ0n) is 18.4. The highest BCUT2D eigenvalue weighted by Crippen LogP contribution is 2.34. The number of amides is 2. The highest BCUT2D eigenvalue weighted by atomic mass is 16.5. The van der Waals surface area contributed by atoms with E-state index in [0.717, 1.165) is 30.9 Å². The molecule has 1 saturated carbocycles. The van der Waals surface area contributed by atoms with Crippen LogP contribution >= 0.6 is 0 Å². The van der Waals surface area contributed by atoms with Crippen LogP contribution in [0.5, 0.6) is 0 Å². The van der Waals surface area contributed by atoms with Gasteiger partial charge in [0.2, 0.25) is 12.3 Å². The van der Waals surface area contributed by atoms with Gasteiger partial charge >= 0.3 is 0 Å². The van der Waals surface area contributed by atoms with Gasteiger partial charge in [-0.25, -0.2) is 10.0 Å². The predicted octanol–water partition coefficient (Wildman–Crippen LogP) is 2.72. The third kappa shape index (κ3) is 7.12. The van der Waals surface area contributed by atoms with Crippen LogP contribution in [-0.4, -0.2) is 58.1 Å². The van der Waals surface area contributed by atoms with Gasteiger partial charge in [-0.05, 0) is 31.8 Å². The number of hydroxylamine groups is 2. The number of carbonyl (C=O) groups is 2. The molecule has 1 aliphatic rings. The van der Waals surface area contributed by atoms with Crippen molar-refractivity contribution in [3.8, 4) is 0 Å². The molecule has 0 aliphatic heterocycles. The molecule has 2 atom stereocenters. The van der Waals surface area contributed by atoms with Crippen molar-refractivity contribution < 1.29 is 14.8 Å². The van der Waals surface area contributed by atoms with Crippen molar-refractivity contribution in [1.29, 1.82) is 0 Å². The lowest BCUT2D eigenvalue weighted by atomic mass is 9.85. The van der Waals surface area contributed by atoms with Gasteiger partial charge in [0.1, 0.15) is 5.82 Å². The fourth-order valence-electron chi connectivity index (χ4n) is 4.08. The van der Waals surface area contributed by atoms with Gasteiger partial charge in [-0.1, -0.05) is 46.5 Å². The molecule has 0 spiro atoms. The molecule has 0 aromatic carbocycles. The highest BCUT2D eigenvalue weighted by molar-refractivity contribution is 5.79. The summed E-state index contributed by atoms with van der Waals surface area (Å²) in [4.78, 5) is 34.0. The van der Waals surface area contributed by atoms with E-state index in [1.807, 2.05) is 14.1 Å². The Labute approximate surface area is 174 Å². The molecule has 3 N–H and O–H groups in total. The number of imidazole rings is 1. The smallest absolute Gasteiger partial charge is 0.233 e. The quantitative estimate of drug-likeness (QED) is 0.314. The molecule has 0 radical (unpaired) electrons. The van der Waals surface area contributed by atoms with E-state index < -0.39 is 5.92 Å². The van der Waals surface area contributed by atoms with Crippen molar-refractivity contribution in [2.24, 2.45) is 17.3 Å². The maximum Gasteiger partial charge on any atom is 0.233 e. The van der Waals surface area contributed by atoms with Gasteiger partial charge in [-0.2, -0.15) is 0 Å². The number of nitrogens with one attached hydrogen (secondary N) is 2. The van der Waals surface area contributed by atoms with E-state index in [1.165, 1.54) is 12.8 Å². The number of aromatic amines is 1. The van der Waals surface area contributed by atoms with Gasteiger partial charge in [-0.3, -0.25) is 14.8 Å². The van der Waals surface area contributed by atoms with E-state index >= 15 is 0 Å². The lowest BCUT2D eigenvalue weighted by Gasteiger charge is -2.32. The minimum Gasteiger partial charge on any atom is -0.345 e. The fraction of sp³-hybridized carbons (Fsp3) is 0.762. The van der Waals surface area contributed by atoms with E-state index in [0.29, 0.717) is 23.8 Å². The monoisotopic (exact) mass is 407 g/mol. The zero-order chi connectivity index (χ0) is 21.6. The minimum atomic E-state index is -0.450. The molecular formula is C21H37N5O3. The summed E-state index contributed by atoms with van der Waals surface area (Å²) in [6, 6.07) is -0.305. The van der Waals surface area contributed by atoms with Gasteiger partial charge in [0.05, 0.1) is 18.5 Å². The Hall–Kier alpha value is -1.93. The molecule has 8 nitrogen and oxygen atoms in total. The Morgan fingerprint density at radius 1 is 1.38 bits per heavy atom. The number of nitrogens with zero attached hydrogens (tertiary/aromatic N) is 3. The molecule has 2 rings (SSSR count). The molecule has 1 aliphatic carbocycles. The van der Waals surface area contributed by atoms with Crippen molar-refractivity contribution in [1.82, 2.24) is 25.2 Å². The van der Waals surface area contributed by atoms with Crippen molar-refractivity contribution in [3.05, 3.63) is 17.7 Å². The molecule has 0 unspecified atom stereocenters. The topological polar surface area (TPSA) is 102 Å². The second kappa shape index (κ2) is 10.2. The molecule has 8 heteroatoms. The second-order valence-corrected chi connectivity index (χ2v) is 9.65. The number of carbonyl (C=O) groups excluding carboxylic acids is 2. The van der Waals surface area contributed by atoms with Gasteiger partial charge in [-0.15, -0.1) is 0 Å². The van der Waals surface area contributed by atoms with E-state index in [1.54, 1.807) is 6.20 Å². The third-order valence-electron chi connectivity index (χ3n) is 5.55. The number of hydrogen-bond acceptors (Lipinski definition) is 5.